The van der Waals surface area contributed by atoms with Crippen molar-refractivity contribution >= 4 is 33.7 Å². The summed E-state index contributed by atoms with van der Waals surface area (Å²) in [6.45, 7) is 2.94. The van der Waals surface area contributed by atoms with E-state index in [2.05, 4.69) is 43.6 Å². The highest BCUT2D eigenvalue weighted by atomic mass is 16.2. The standard InChI is InChI=1S/C23H20N6O/c1-2-5-20(30)28-9-8-17(12-28)29-13-18(21-22(24)26-14-27-23(21)29)16-10-15-6-3-4-7-19(15)25-11-16/h3-4,6-7,10-11,13-14,17H,8-9,12H2,1H3,(H2,24,26,27)/t17-/m1/s1. The first-order chi connectivity index (χ1) is 14.7. The van der Waals surface area contributed by atoms with Crippen LogP contribution in [0.1, 0.15) is 19.4 Å². The van der Waals surface area contributed by atoms with Gasteiger partial charge < -0.3 is 15.2 Å². The van der Waals surface area contributed by atoms with Gasteiger partial charge in [0, 0.05) is 42.0 Å². The molecular weight excluding hydrogens is 376 g/mol. The molecule has 1 saturated heterocycles. The molecule has 4 heterocycles. The van der Waals surface area contributed by atoms with Crippen molar-refractivity contribution in [2.75, 3.05) is 18.8 Å². The maximum Gasteiger partial charge on any atom is 0.298 e. The molecule has 148 valence electrons. The molecule has 30 heavy (non-hydrogen) atoms. The molecule has 7 nitrogen and oxygen atoms in total. The number of para-hydroxylation sites is 1. The van der Waals surface area contributed by atoms with E-state index < -0.39 is 0 Å². The van der Waals surface area contributed by atoms with Crippen LogP contribution in [0.2, 0.25) is 0 Å². The van der Waals surface area contributed by atoms with Gasteiger partial charge in [0.1, 0.15) is 17.8 Å². The molecule has 7 heteroatoms. The quantitative estimate of drug-likeness (QED) is 0.526. The summed E-state index contributed by atoms with van der Waals surface area (Å²) < 4.78 is 2.12. The number of carbonyl (C=O) groups excluding carboxylic acids is 1. The van der Waals surface area contributed by atoms with Gasteiger partial charge in [0.15, 0.2) is 0 Å². The van der Waals surface area contributed by atoms with E-state index in [4.69, 9.17) is 5.73 Å². The number of nitrogens with two attached hydrogens (primary N) is 1. The summed E-state index contributed by atoms with van der Waals surface area (Å²) in [5.41, 5.74) is 9.88. The number of likely N-dealkylation sites (tertiary alicyclic amines) is 1. The highest BCUT2D eigenvalue weighted by Gasteiger charge is 2.29. The van der Waals surface area contributed by atoms with Gasteiger partial charge in [-0.15, -0.1) is 0 Å². The van der Waals surface area contributed by atoms with Crippen LogP contribution >= 0.6 is 0 Å². The Balaban J connectivity index is 1.62. The summed E-state index contributed by atoms with van der Waals surface area (Å²) in [6.07, 6.45) is 6.23. The topological polar surface area (TPSA) is 89.9 Å². The molecule has 1 fully saturated rings. The fourth-order valence-corrected chi connectivity index (χ4v) is 4.16. The molecule has 0 unspecified atom stereocenters. The average Bonchev–Trinajstić information content (AvgIpc) is 3.39. The summed E-state index contributed by atoms with van der Waals surface area (Å²) in [6, 6.07) is 10.2. The number of benzene rings is 1. The smallest absolute Gasteiger partial charge is 0.298 e. The minimum absolute atomic E-state index is 0.103. The second-order valence-electron chi connectivity index (χ2n) is 7.39. The number of carbonyl (C=O) groups is 1. The van der Waals surface area contributed by atoms with Crippen molar-refractivity contribution in [3.63, 3.8) is 0 Å². The fraction of sp³-hybridized carbons (Fsp3) is 0.217. The van der Waals surface area contributed by atoms with Crippen LogP contribution in [-0.4, -0.2) is 43.4 Å². The van der Waals surface area contributed by atoms with Crippen molar-refractivity contribution in [2.24, 2.45) is 0 Å². The third kappa shape index (κ3) is 2.94. The van der Waals surface area contributed by atoms with Crippen LogP contribution < -0.4 is 5.73 Å². The number of anilines is 1. The summed E-state index contributed by atoms with van der Waals surface area (Å²) in [7, 11) is 0. The van der Waals surface area contributed by atoms with Crippen LogP contribution in [0.3, 0.4) is 0 Å². The Kier molecular flexibility index (Phi) is 4.32. The highest BCUT2D eigenvalue weighted by Crippen LogP contribution is 2.36. The van der Waals surface area contributed by atoms with Gasteiger partial charge in [-0.1, -0.05) is 24.1 Å². The molecule has 1 amide bonds. The molecule has 1 atom stereocenters. The van der Waals surface area contributed by atoms with Crippen LogP contribution in [0, 0.1) is 11.8 Å². The molecule has 4 aromatic rings. The Labute approximate surface area is 173 Å². The van der Waals surface area contributed by atoms with Gasteiger partial charge in [-0.2, -0.15) is 0 Å². The number of hydrogen-bond acceptors (Lipinski definition) is 5. The zero-order valence-corrected chi connectivity index (χ0v) is 16.5. The number of amides is 1. The van der Waals surface area contributed by atoms with E-state index >= 15 is 0 Å². The average molecular weight is 396 g/mol. The molecule has 0 spiro atoms. The number of hydrogen-bond donors (Lipinski definition) is 1. The monoisotopic (exact) mass is 396 g/mol. The molecule has 0 radical (unpaired) electrons. The lowest BCUT2D eigenvalue weighted by Gasteiger charge is -2.15. The predicted octanol–water partition coefficient (Wildman–Crippen LogP) is 3.03. The number of nitrogen functional groups attached to an aromatic ring is 1. The molecule has 1 aromatic carbocycles. The summed E-state index contributed by atoms with van der Waals surface area (Å²) in [5.74, 6) is 5.61. The fourth-order valence-electron chi connectivity index (χ4n) is 4.16. The second-order valence-corrected chi connectivity index (χ2v) is 7.39. The number of pyridine rings is 1. The van der Waals surface area contributed by atoms with Crippen LogP contribution in [0.4, 0.5) is 5.82 Å². The summed E-state index contributed by atoms with van der Waals surface area (Å²) >= 11 is 0. The van der Waals surface area contributed by atoms with Gasteiger partial charge in [0.05, 0.1) is 16.9 Å². The van der Waals surface area contributed by atoms with Gasteiger partial charge in [-0.05, 0) is 31.4 Å². The van der Waals surface area contributed by atoms with E-state index in [0.717, 1.165) is 39.5 Å². The third-order valence-electron chi connectivity index (χ3n) is 5.62. The zero-order valence-electron chi connectivity index (χ0n) is 16.5. The van der Waals surface area contributed by atoms with Gasteiger partial charge in [-0.25, -0.2) is 9.97 Å². The van der Waals surface area contributed by atoms with E-state index in [-0.39, 0.29) is 11.9 Å². The van der Waals surface area contributed by atoms with E-state index in [9.17, 15) is 4.79 Å². The van der Waals surface area contributed by atoms with Crippen LogP contribution in [0.15, 0.2) is 49.1 Å². The molecule has 0 saturated carbocycles. The van der Waals surface area contributed by atoms with Gasteiger partial charge >= 0.3 is 0 Å². The highest BCUT2D eigenvalue weighted by molar-refractivity contribution is 6.02. The lowest BCUT2D eigenvalue weighted by atomic mass is 10.1. The van der Waals surface area contributed by atoms with Crippen molar-refractivity contribution in [1.82, 2.24) is 24.4 Å². The number of fused-ring (bicyclic) bond motifs is 2. The number of aromatic nitrogens is 4. The van der Waals surface area contributed by atoms with Crippen LogP contribution in [0.25, 0.3) is 33.1 Å². The Morgan fingerprint density at radius 3 is 2.97 bits per heavy atom. The van der Waals surface area contributed by atoms with E-state index in [1.54, 1.807) is 11.8 Å². The maximum absolute atomic E-state index is 12.2. The number of rotatable bonds is 2. The molecule has 3 aromatic heterocycles. The minimum Gasteiger partial charge on any atom is -0.383 e. The summed E-state index contributed by atoms with van der Waals surface area (Å²) in [4.78, 5) is 27.3. The van der Waals surface area contributed by atoms with E-state index in [0.29, 0.717) is 18.9 Å². The van der Waals surface area contributed by atoms with Crippen molar-refractivity contribution in [3.05, 3.63) is 49.1 Å². The Bertz CT molecular complexity index is 1350. The first kappa shape index (κ1) is 18.1. The molecular formula is C23H20N6O. The van der Waals surface area contributed by atoms with Crippen LogP contribution in [0.5, 0.6) is 0 Å². The summed E-state index contributed by atoms with van der Waals surface area (Å²) in [5, 5.41) is 1.87. The molecule has 0 bridgehead atoms. The molecule has 1 aliphatic heterocycles. The Hall–Kier alpha value is -3.92. The van der Waals surface area contributed by atoms with E-state index in [1.165, 1.54) is 6.33 Å². The molecule has 5 rings (SSSR count). The number of nitrogens with zero attached hydrogens (tertiary/aromatic N) is 5. The maximum atomic E-state index is 12.2. The third-order valence-corrected chi connectivity index (χ3v) is 5.62. The van der Waals surface area contributed by atoms with Crippen molar-refractivity contribution < 1.29 is 4.79 Å². The van der Waals surface area contributed by atoms with E-state index in [1.807, 2.05) is 30.5 Å². The lowest BCUT2D eigenvalue weighted by molar-refractivity contribution is -0.124. The van der Waals surface area contributed by atoms with Crippen molar-refractivity contribution in [2.45, 2.75) is 19.4 Å². The Morgan fingerprint density at radius 2 is 2.10 bits per heavy atom. The first-order valence-electron chi connectivity index (χ1n) is 9.83. The Morgan fingerprint density at radius 1 is 1.23 bits per heavy atom. The molecule has 2 N–H and O–H groups in total. The van der Waals surface area contributed by atoms with Gasteiger partial charge in [0.25, 0.3) is 5.91 Å². The lowest BCUT2D eigenvalue weighted by Crippen LogP contribution is -2.27. The minimum atomic E-state index is -0.135. The first-order valence-corrected chi connectivity index (χ1v) is 9.83. The van der Waals surface area contributed by atoms with Crippen molar-refractivity contribution in [1.29, 1.82) is 0 Å². The van der Waals surface area contributed by atoms with Crippen LogP contribution in [-0.2, 0) is 4.79 Å². The molecule has 0 aliphatic carbocycles. The normalized spacial score (nSPS) is 16.0. The predicted molar refractivity (Wildman–Crippen MR) is 116 cm³/mol. The van der Waals surface area contributed by atoms with Crippen molar-refractivity contribution in [3.8, 4) is 23.0 Å². The zero-order chi connectivity index (χ0) is 20.7. The van der Waals surface area contributed by atoms with Gasteiger partial charge in [-0.3, -0.25) is 9.78 Å². The SMILES string of the molecule is CC#CC(=O)N1CC[C@@H](n2cc(-c3cnc4ccccc4c3)c3c(N)ncnc32)C1. The van der Waals surface area contributed by atoms with Gasteiger partial charge in [0.2, 0.25) is 0 Å². The second kappa shape index (κ2) is 7.16. The molecule has 1 aliphatic rings. The largest absolute Gasteiger partial charge is 0.383 e.